The van der Waals surface area contributed by atoms with E-state index in [1.165, 1.54) is 11.8 Å². The topological polar surface area (TPSA) is 97.6 Å². The Hall–Kier alpha value is -3.33. The van der Waals surface area contributed by atoms with Gasteiger partial charge in [-0.2, -0.15) is 0 Å². The number of carbonyl (C=O) groups is 2. The summed E-state index contributed by atoms with van der Waals surface area (Å²) >= 11 is 1.17. The molecule has 0 aliphatic carbocycles. The number of rotatable bonds is 5. The van der Waals surface area contributed by atoms with Gasteiger partial charge in [-0.1, -0.05) is 23.9 Å². The van der Waals surface area contributed by atoms with Gasteiger partial charge >= 0.3 is 0 Å². The zero-order chi connectivity index (χ0) is 21.1. The number of aromatic nitrogens is 2. The Bertz CT molecular complexity index is 1070. The van der Waals surface area contributed by atoms with Gasteiger partial charge < -0.3 is 19.4 Å². The number of nitrogens with zero attached hydrogens (tertiary/aromatic N) is 3. The molecule has 0 unspecified atom stereocenters. The maximum absolute atomic E-state index is 13.0. The second kappa shape index (κ2) is 8.58. The number of hydrogen-bond donors (Lipinski definition) is 1. The van der Waals surface area contributed by atoms with Gasteiger partial charge in [0.05, 0.1) is 24.2 Å². The quantitative estimate of drug-likeness (QED) is 0.625. The van der Waals surface area contributed by atoms with E-state index in [0.717, 1.165) is 11.3 Å². The molecule has 1 aliphatic heterocycles. The number of para-hydroxylation sites is 2. The number of hydrogen-bond acceptors (Lipinski definition) is 7. The van der Waals surface area contributed by atoms with Gasteiger partial charge in [-0.15, -0.1) is 10.2 Å². The predicted octanol–water partition coefficient (Wildman–Crippen LogP) is 3.60. The maximum atomic E-state index is 13.0. The Morgan fingerprint density at radius 2 is 2.00 bits per heavy atom. The molecule has 0 saturated heterocycles. The number of fused-ring (bicyclic) bond motifs is 1. The third kappa shape index (κ3) is 4.16. The Labute approximate surface area is 177 Å². The Morgan fingerprint density at radius 3 is 2.77 bits per heavy atom. The first-order valence-corrected chi connectivity index (χ1v) is 10.4. The molecule has 1 N–H and O–H groups in total. The summed E-state index contributed by atoms with van der Waals surface area (Å²) in [6.07, 6.45) is 0.229. The van der Waals surface area contributed by atoms with Crippen LogP contribution in [0.1, 0.15) is 13.3 Å². The highest BCUT2D eigenvalue weighted by Crippen LogP contribution is 2.32. The van der Waals surface area contributed by atoms with Crippen molar-refractivity contribution >= 4 is 35.0 Å². The molecule has 1 aliphatic rings. The van der Waals surface area contributed by atoms with Crippen LogP contribution in [0.2, 0.25) is 0 Å². The molecule has 1 aromatic heterocycles. The Kier molecular flexibility index (Phi) is 5.71. The summed E-state index contributed by atoms with van der Waals surface area (Å²) in [7, 11) is 1.60. The minimum absolute atomic E-state index is 0.108. The highest BCUT2D eigenvalue weighted by molar-refractivity contribution is 7.99. The summed E-state index contributed by atoms with van der Waals surface area (Å²) < 4.78 is 10.8. The van der Waals surface area contributed by atoms with Crippen LogP contribution in [0.15, 0.2) is 58.2 Å². The van der Waals surface area contributed by atoms with Crippen LogP contribution < -0.4 is 15.0 Å². The molecule has 0 fully saturated rings. The second-order valence-corrected chi connectivity index (χ2v) is 7.70. The molecule has 2 aromatic carbocycles. The van der Waals surface area contributed by atoms with Crippen molar-refractivity contribution in [2.24, 2.45) is 0 Å². The molecule has 9 heteroatoms. The van der Waals surface area contributed by atoms with Crippen molar-refractivity contribution in [1.82, 2.24) is 10.2 Å². The Balaban J connectivity index is 1.47. The highest BCUT2D eigenvalue weighted by atomic mass is 32.2. The smallest absolute Gasteiger partial charge is 0.277 e. The molecule has 0 saturated carbocycles. The van der Waals surface area contributed by atoms with Gasteiger partial charge in [0.15, 0.2) is 0 Å². The maximum Gasteiger partial charge on any atom is 0.277 e. The molecule has 2 amide bonds. The van der Waals surface area contributed by atoms with E-state index >= 15 is 0 Å². The van der Waals surface area contributed by atoms with E-state index in [4.69, 9.17) is 9.15 Å². The van der Waals surface area contributed by atoms with Crippen LogP contribution in [0.5, 0.6) is 5.75 Å². The van der Waals surface area contributed by atoms with E-state index in [1.54, 1.807) is 18.1 Å². The average molecular weight is 424 g/mol. The summed E-state index contributed by atoms with van der Waals surface area (Å²) in [5.41, 5.74) is 2.08. The third-order valence-corrected chi connectivity index (χ3v) is 5.49. The number of benzene rings is 2. The Morgan fingerprint density at radius 1 is 1.23 bits per heavy atom. The lowest BCUT2D eigenvalue weighted by Gasteiger charge is -2.27. The van der Waals surface area contributed by atoms with Crippen molar-refractivity contribution in [2.45, 2.75) is 24.6 Å². The van der Waals surface area contributed by atoms with E-state index in [-0.39, 0.29) is 30.0 Å². The number of thioether (sulfide) groups is 1. The van der Waals surface area contributed by atoms with Gasteiger partial charge in [-0.25, -0.2) is 0 Å². The van der Waals surface area contributed by atoms with Crippen LogP contribution in [0, 0.1) is 0 Å². The predicted molar refractivity (Wildman–Crippen MR) is 114 cm³/mol. The summed E-state index contributed by atoms with van der Waals surface area (Å²) in [5, 5.41) is 11.2. The largest absolute Gasteiger partial charge is 0.497 e. The number of amides is 2. The summed E-state index contributed by atoms with van der Waals surface area (Å²) in [6.45, 7) is 1.86. The molecular weight excluding hydrogens is 404 g/mol. The van der Waals surface area contributed by atoms with Crippen molar-refractivity contribution in [3.63, 3.8) is 0 Å². The van der Waals surface area contributed by atoms with Gasteiger partial charge in [0.1, 0.15) is 5.75 Å². The van der Waals surface area contributed by atoms with E-state index in [9.17, 15) is 9.59 Å². The van der Waals surface area contributed by atoms with Crippen molar-refractivity contribution in [3.8, 4) is 17.2 Å². The van der Waals surface area contributed by atoms with Gasteiger partial charge in [-0.3, -0.25) is 9.59 Å². The van der Waals surface area contributed by atoms with E-state index in [2.05, 4.69) is 15.5 Å². The van der Waals surface area contributed by atoms with Crippen LogP contribution >= 0.6 is 11.8 Å². The van der Waals surface area contributed by atoms with Crippen LogP contribution in [-0.2, 0) is 9.59 Å². The lowest BCUT2D eigenvalue weighted by atomic mass is 10.2. The molecule has 0 radical (unpaired) electrons. The number of ether oxygens (including phenoxy) is 1. The zero-order valence-electron chi connectivity index (χ0n) is 16.5. The average Bonchev–Trinajstić information content (AvgIpc) is 3.17. The molecule has 30 heavy (non-hydrogen) atoms. The summed E-state index contributed by atoms with van der Waals surface area (Å²) in [4.78, 5) is 26.8. The number of methoxy groups -OCH3 is 1. The number of carbonyl (C=O) groups excluding carboxylic acids is 2. The fraction of sp³-hybridized carbons (Fsp3) is 0.238. The summed E-state index contributed by atoms with van der Waals surface area (Å²) in [6, 6.07) is 14.3. The summed E-state index contributed by atoms with van der Waals surface area (Å²) in [5.74, 6) is 0.964. The van der Waals surface area contributed by atoms with Gasteiger partial charge in [0.25, 0.3) is 5.22 Å². The molecule has 0 spiro atoms. The molecule has 4 rings (SSSR count). The minimum Gasteiger partial charge on any atom is -0.497 e. The first kappa shape index (κ1) is 20.0. The van der Waals surface area contributed by atoms with Gasteiger partial charge in [-0.05, 0) is 43.3 Å². The van der Waals surface area contributed by atoms with E-state index in [1.807, 2.05) is 49.4 Å². The van der Waals surface area contributed by atoms with Crippen LogP contribution in [0.25, 0.3) is 11.5 Å². The van der Waals surface area contributed by atoms with Crippen LogP contribution in [0.4, 0.5) is 11.4 Å². The van der Waals surface area contributed by atoms with Crippen LogP contribution in [-0.4, -0.2) is 40.9 Å². The first-order chi connectivity index (χ1) is 14.5. The molecule has 8 nitrogen and oxygen atoms in total. The van der Waals surface area contributed by atoms with Gasteiger partial charge in [0, 0.05) is 18.0 Å². The first-order valence-electron chi connectivity index (χ1n) is 9.37. The van der Waals surface area contributed by atoms with Crippen LogP contribution in [0.3, 0.4) is 0 Å². The lowest BCUT2D eigenvalue weighted by molar-refractivity contribution is -0.117. The van der Waals surface area contributed by atoms with Crippen molar-refractivity contribution < 1.29 is 18.7 Å². The number of anilines is 2. The fourth-order valence-corrected chi connectivity index (χ4v) is 3.90. The minimum atomic E-state index is -0.265. The lowest BCUT2D eigenvalue weighted by Crippen LogP contribution is -2.40. The van der Waals surface area contributed by atoms with Crippen molar-refractivity contribution in [2.75, 3.05) is 23.1 Å². The van der Waals surface area contributed by atoms with Gasteiger partial charge in [0.2, 0.25) is 17.7 Å². The molecule has 154 valence electrons. The monoisotopic (exact) mass is 424 g/mol. The van der Waals surface area contributed by atoms with E-state index in [0.29, 0.717) is 22.5 Å². The molecule has 1 atom stereocenters. The molecular formula is C21H20N4O4S. The normalized spacial score (nSPS) is 15.9. The SMILES string of the molecule is COc1ccc(-c2nnc(SCC(=O)N3c4ccccc4NC(=O)C[C@@H]3C)o2)cc1. The van der Waals surface area contributed by atoms with Crippen molar-refractivity contribution in [3.05, 3.63) is 48.5 Å². The van der Waals surface area contributed by atoms with Crippen molar-refractivity contribution in [1.29, 1.82) is 0 Å². The number of nitrogens with one attached hydrogen (secondary N) is 1. The standard InChI is InChI=1S/C21H20N4O4S/c1-13-11-18(26)22-16-5-3-4-6-17(16)25(13)19(27)12-30-21-24-23-20(29-21)14-7-9-15(28-2)10-8-14/h3-10,13H,11-12H2,1-2H3,(H,22,26)/t13-/m0/s1. The highest BCUT2D eigenvalue weighted by Gasteiger charge is 2.29. The molecule has 2 heterocycles. The second-order valence-electron chi connectivity index (χ2n) is 6.77. The van der Waals surface area contributed by atoms with E-state index < -0.39 is 0 Å². The zero-order valence-corrected chi connectivity index (χ0v) is 17.3. The molecule has 3 aromatic rings. The fourth-order valence-electron chi connectivity index (χ4n) is 3.28. The third-order valence-electron chi connectivity index (χ3n) is 4.69. The molecule has 0 bridgehead atoms.